The fraction of sp³-hybridized carbons (Fsp3) is 0.545. The van der Waals surface area contributed by atoms with Crippen molar-refractivity contribution in [1.82, 2.24) is 4.98 Å². The van der Waals surface area contributed by atoms with Gasteiger partial charge in [0.15, 0.2) is 0 Å². The summed E-state index contributed by atoms with van der Waals surface area (Å²) >= 11 is 1.50. The summed E-state index contributed by atoms with van der Waals surface area (Å²) in [5, 5.41) is 13.5. The molecule has 0 aromatic carbocycles. The van der Waals surface area contributed by atoms with Gasteiger partial charge in [0.25, 0.3) is 0 Å². The summed E-state index contributed by atoms with van der Waals surface area (Å²) < 4.78 is 37.5. The molecule has 1 rings (SSSR count). The zero-order valence-corrected chi connectivity index (χ0v) is 11.9. The van der Waals surface area contributed by atoms with Crippen molar-refractivity contribution in [3.63, 3.8) is 0 Å². The Kier molecular flexibility index (Phi) is 4.85. The lowest BCUT2D eigenvalue weighted by atomic mass is 10.2. The third kappa shape index (κ3) is 4.26. The number of halogens is 3. The first-order valence-electron chi connectivity index (χ1n) is 5.57. The summed E-state index contributed by atoms with van der Waals surface area (Å²) in [5.74, 6) is 0. The largest absolute Gasteiger partial charge is 0.433 e. The molecule has 0 aliphatic heterocycles. The highest BCUT2D eigenvalue weighted by Gasteiger charge is 2.34. The molecule has 0 saturated heterocycles. The number of anilines is 1. The maximum atomic E-state index is 12.6. The Bertz CT molecular complexity index is 506. The van der Waals surface area contributed by atoms with Crippen LogP contribution in [0.1, 0.15) is 19.5 Å². The van der Waals surface area contributed by atoms with Gasteiger partial charge in [0.05, 0.1) is 4.92 Å². The molecular weight excluding hydrogens is 295 g/mol. The molecule has 20 heavy (non-hydrogen) atoms. The first kappa shape index (κ1) is 16.5. The number of hydrogen-bond donors (Lipinski definition) is 1. The van der Waals surface area contributed by atoms with E-state index in [1.165, 1.54) is 11.8 Å². The number of nitro groups is 1. The standard InChI is InChI=1S/C11H14F3N3O2S/c1-10(2,20-3)6-16-7-4-9(11(12,13)14)15-5-8(7)17(18)19/h4-5H,6H2,1-3H3,(H,15,16). The van der Waals surface area contributed by atoms with Gasteiger partial charge in [0, 0.05) is 11.3 Å². The van der Waals surface area contributed by atoms with Gasteiger partial charge in [-0.25, -0.2) is 4.98 Å². The number of pyridine rings is 1. The minimum atomic E-state index is -4.64. The van der Waals surface area contributed by atoms with Gasteiger partial charge in [-0.3, -0.25) is 10.1 Å². The van der Waals surface area contributed by atoms with Crippen LogP contribution in [-0.2, 0) is 6.18 Å². The quantitative estimate of drug-likeness (QED) is 0.665. The summed E-state index contributed by atoms with van der Waals surface area (Å²) in [5.41, 5.74) is -1.82. The molecule has 0 aliphatic carbocycles. The molecule has 5 nitrogen and oxygen atoms in total. The normalized spacial score (nSPS) is 12.3. The molecule has 0 radical (unpaired) electrons. The van der Waals surface area contributed by atoms with Crippen molar-refractivity contribution < 1.29 is 18.1 Å². The van der Waals surface area contributed by atoms with Gasteiger partial charge in [0.2, 0.25) is 0 Å². The van der Waals surface area contributed by atoms with Crippen LogP contribution in [0.15, 0.2) is 12.3 Å². The monoisotopic (exact) mass is 309 g/mol. The van der Waals surface area contributed by atoms with Crippen molar-refractivity contribution in [2.45, 2.75) is 24.8 Å². The number of nitrogens with zero attached hydrogens (tertiary/aromatic N) is 2. The number of hydrogen-bond acceptors (Lipinski definition) is 5. The van der Waals surface area contributed by atoms with Gasteiger partial charge in [-0.15, -0.1) is 0 Å². The number of nitrogens with one attached hydrogen (secondary N) is 1. The lowest BCUT2D eigenvalue weighted by Crippen LogP contribution is -2.26. The van der Waals surface area contributed by atoms with Crippen LogP contribution in [0.4, 0.5) is 24.5 Å². The molecule has 1 heterocycles. The number of alkyl halides is 3. The van der Waals surface area contributed by atoms with E-state index in [9.17, 15) is 23.3 Å². The van der Waals surface area contributed by atoms with Crippen LogP contribution in [0.3, 0.4) is 0 Å². The predicted molar refractivity (Wildman–Crippen MR) is 72.0 cm³/mol. The van der Waals surface area contributed by atoms with E-state index >= 15 is 0 Å². The predicted octanol–water partition coefficient (Wildman–Crippen LogP) is 3.56. The highest BCUT2D eigenvalue weighted by molar-refractivity contribution is 7.99. The van der Waals surface area contributed by atoms with Crippen LogP contribution < -0.4 is 5.32 Å². The second-order valence-corrected chi connectivity index (χ2v) is 6.17. The molecule has 0 saturated carbocycles. The Hall–Kier alpha value is -1.51. The minimum Gasteiger partial charge on any atom is -0.378 e. The Morgan fingerprint density at radius 1 is 1.45 bits per heavy atom. The number of aromatic nitrogens is 1. The zero-order valence-electron chi connectivity index (χ0n) is 11.1. The molecule has 0 amide bonds. The van der Waals surface area contributed by atoms with Crippen molar-refractivity contribution in [2.24, 2.45) is 0 Å². The maximum Gasteiger partial charge on any atom is 0.433 e. The lowest BCUT2D eigenvalue weighted by Gasteiger charge is -2.23. The highest BCUT2D eigenvalue weighted by atomic mass is 32.2. The van der Waals surface area contributed by atoms with Crippen LogP contribution in [0.2, 0.25) is 0 Å². The Labute approximate surface area is 118 Å². The first-order chi connectivity index (χ1) is 9.07. The van der Waals surface area contributed by atoms with E-state index in [-0.39, 0.29) is 17.0 Å². The van der Waals surface area contributed by atoms with Gasteiger partial charge in [-0.1, -0.05) is 0 Å². The van der Waals surface area contributed by atoms with E-state index in [4.69, 9.17) is 0 Å². The number of rotatable bonds is 5. The van der Waals surface area contributed by atoms with E-state index in [1.807, 2.05) is 20.1 Å². The molecule has 112 valence electrons. The summed E-state index contributed by atoms with van der Waals surface area (Å²) in [7, 11) is 0. The van der Waals surface area contributed by atoms with Crippen molar-refractivity contribution in [3.8, 4) is 0 Å². The Morgan fingerprint density at radius 2 is 2.05 bits per heavy atom. The van der Waals surface area contributed by atoms with Gasteiger partial charge in [-0.05, 0) is 26.2 Å². The third-order valence-electron chi connectivity index (χ3n) is 2.63. The SMILES string of the molecule is CSC(C)(C)CNc1cc(C(F)(F)F)ncc1[N+](=O)[O-]. The fourth-order valence-corrected chi connectivity index (χ4v) is 1.49. The topological polar surface area (TPSA) is 68.1 Å². The average molecular weight is 309 g/mol. The molecule has 0 unspecified atom stereocenters. The van der Waals surface area contributed by atoms with Gasteiger partial charge < -0.3 is 5.32 Å². The second-order valence-electron chi connectivity index (χ2n) is 4.66. The zero-order chi connectivity index (χ0) is 15.6. The minimum absolute atomic E-state index is 0.181. The smallest absolute Gasteiger partial charge is 0.378 e. The maximum absolute atomic E-state index is 12.6. The van der Waals surface area contributed by atoms with Gasteiger partial charge >= 0.3 is 11.9 Å². The molecule has 1 N–H and O–H groups in total. The van der Waals surface area contributed by atoms with Crippen LogP contribution >= 0.6 is 11.8 Å². The average Bonchev–Trinajstić information content (AvgIpc) is 2.35. The van der Waals surface area contributed by atoms with Crippen LogP contribution in [0.5, 0.6) is 0 Å². The van der Waals surface area contributed by atoms with Gasteiger partial charge in [0.1, 0.15) is 17.6 Å². The molecule has 0 bridgehead atoms. The molecule has 0 fully saturated rings. The van der Waals surface area contributed by atoms with Crippen LogP contribution in [0, 0.1) is 10.1 Å². The summed E-state index contributed by atoms with van der Waals surface area (Å²) in [6.45, 7) is 4.04. The molecule has 0 spiro atoms. The summed E-state index contributed by atoms with van der Waals surface area (Å²) in [4.78, 5) is 13.1. The van der Waals surface area contributed by atoms with E-state index in [2.05, 4.69) is 10.3 Å². The summed E-state index contributed by atoms with van der Waals surface area (Å²) in [6.07, 6.45) is -2.17. The molecule has 0 aliphatic rings. The van der Waals surface area contributed by atoms with Gasteiger partial charge in [-0.2, -0.15) is 24.9 Å². The van der Waals surface area contributed by atoms with Crippen molar-refractivity contribution in [1.29, 1.82) is 0 Å². The Morgan fingerprint density at radius 3 is 2.50 bits per heavy atom. The molecule has 0 atom stereocenters. The number of thioether (sulfide) groups is 1. The van der Waals surface area contributed by atoms with E-state index < -0.39 is 22.5 Å². The van der Waals surface area contributed by atoms with Crippen molar-refractivity contribution in [2.75, 3.05) is 18.1 Å². The molecular formula is C11H14F3N3O2S. The van der Waals surface area contributed by atoms with E-state index in [0.29, 0.717) is 12.3 Å². The second kappa shape index (κ2) is 5.86. The Balaban J connectivity index is 3.10. The van der Waals surface area contributed by atoms with E-state index in [0.717, 1.165) is 0 Å². The van der Waals surface area contributed by atoms with Crippen molar-refractivity contribution >= 4 is 23.1 Å². The lowest BCUT2D eigenvalue weighted by molar-refractivity contribution is -0.384. The first-order valence-corrected chi connectivity index (χ1v) is 6.80. The van der Waals surface area contributed by atoms with Crippen LogP contribution in [0.25, 0.3) is 0 Å². The summed E-state index contributed by atoms with van der Waals surface area (Å²) in [6, 6.07) is 0.661. The molecule has 9 heteroatoms. The highest BCUT2D eigenvalue weighted by Crippen LogP contribution is 2.33. The molecule has 1 aromatic rings. The van der Waals surface area contributed by atoms with Crippen LogP contribution in [-0.4, -0.2) is 27.5 Å². The molecule has 1 aromatic heterocycles. The van der Waals surface area contributed by atoms with Crippen molar-refractivity contribution in [3.05, 3.63) is 28.1 Å². The van der Waals surface area contributed by atoms with E-state index in [1.54, 1.807) is 0 Å². The fourth-order valence-electron chi connectivity index (χ4n) is 1.27. The third-order valence-corrected chi connectivity index (χ3v) is 3.88.